The maximum absolute atomic E-state index is 12.9. The van der Waals surface area contributed by atoms with Crippen LogP contribution in [0.4, 0.5) is 11.9 Å². The molecular formula is C22H28N8O2. The molecule has 168 valence electrons. The Labute approximate surface area is 185 Å². The van der Waals surface area contributed by atoms with Crippen LogP contribution in [0, 0.1) is 6.92 Å². The van der Waals surface area contributed by atoms with Gasteiger partial charge in [0.05, 0.1) is 22.2 Å². The summed E-state index contributed by atoms with van der Waals surface area (Å²) in [7, 11) is 0. The molecule has 1 aliphatic heterocycles. The van der Waals surface area contributed by atoms with Crippen molar-refractivity contribution in [1.82, 2.24) is 29.8 Å². The maximum Gasteiger partial charge on any atom is 0.259 e. The summed E-state index contributed by atoms with van der Waals surface area (Å²) in [5.41, 5.74) is 7.96. The third kappa shape index (κ3) is 4.12. The molecule has 0 atom stereocenters. The van der Waals surface area contributed by atoms with Gasteiger partial charge >= 0.3 is 0 Å². The Balaban J connectivity index is 1.53. The average molecular weight is 437 g/mol. The first-order valence-corrected chi connectivity index (χ1v) is 10.9. The number of aryl methyl sites for hydroxylation is 1. The van der Waals surface area contributed by atoms with Gasteiger partial charge in [-0.15, -0.1) is 0 Å². The summed E-state index contributed by atoms with van der Waals surface area (Å²) >= 11 is 0. The predicted molar refractivity (Wildman–Crippen MR) is 123 cm³/mol. The monoisotopic (exact) mass is 436 g/mol. The van der Waals surface area contributed by atoms with Crippen LogP contribution in [-0.4, -0.2) is 61.9 Å². The van der Waals surface area contributed by atoms with Gasteiger partial charge in [0.15, 0.2) is 0 Å². The highest BCUT2D eigenvalue weighted by Gasteiger charge is 2.27. The molecule has 3 N–H and O–H groups in total. The van der Waals surface area contributed by atoms with Crippen molar-refractivity contribution in [2.24, 2.45) is 0 Å². The number of likely N-dealkylation sites (tertiary alicyclic amines) is 1. The number of fused-ring (bicyclic) bond motifs is 1. The number of nitrogens with one attached hydrogen (secondary N) is 1. The summed E-state index contributed by atoms with van der Waals surface area (Å²) in [6, 6.07) is 1.95. The Morgan fingerprint density at radius 2 is 1.91 bits per heavy atom. The van der Waals surface area contributed by atoms with Crippen molar-refractivity contribution in [3.8, 4) is 0 Å². The Kier molecular flexibility index (Phi) is 6.02. The number of aromatic nitrogens is 5. The van der Waals surface area contributed by atoms with E-state index in [4.69, 9.17) is 5.73 Å². The number of aromatic amines is 1. The van der Waals surface area contributed by atoms with E-state index in [0.717, 1.165) is 31.6 Å². The number of H-pyrrole nitrogens is 1. The first-order chi connectivity index (χ1) is 15.4. The van der Waals surface area contributed by atoms with Gasteiger partial charge < -0.3 is 20.5 Å². The Morgan fingerprint density at radius 3 is 2.56 bits per heavy atom. The zero-order chi connectivity index (χ0) is 22.8. The van der Waals surface area contributed by atoms with Crippen molar-refractivity contribution in [2.75, 3.05) is 36.8 Å². The molecular weight excluding hydrogens is 408 g/mol. The second-order valence-corrected chi connectivity index (χ2v) is 7.99. The number of anilines is 2. The van der Waals surface area contributed by atoms with Crippen molar-refractivity contribution < 1.29 is 4.79 Å². The number of pyridine rings is 1. The Bertz CT molecular complexity index is 1200. The lowest BCUT2D eigenvalue weighted by atomic mass is 9.92. The number of amides is 1. The summed E-state index contributed by atoms with van der Waals surface area (Å²) in [4.78, 5) is 49.4. The molecule has 0 aromatic carbocycles. The summed E-state index contributed by atoms with van der Waals surface area (Å²) < 4.78 is 0. The lowest BCUT2D eigenvalue weighted by Crippen LogP contribution is -2.38. The maximum atomic E-state index is 12.9. The van der Waals surface area contributed by atoms with Crippen LogP contribution in [0.3, 0.4) is 0 Å². The van der Waals surface area contributed by atoms with Crippen LogP contribution in [0.25, 0.3) is 10.9 Å². The number of carbonyl (C=O) groups is 1. The molecule has 4 rings (SSSR count). The standard InChI is InChI=1S/C22H28N8O2/c1-4-29(5-2)22-25-12-16-18(28-22)10-17(27-19(16)31)14-6-8-30(9-7-14)20(32)15-11-24-21(23)26-13(15)3/h10-12,14H,4-9H2,1-3H3,(H,27,31)(H2,23,24,26). The second-order valence-electron chi connectivity index (χ2n) is 7.99. The topological polar surface area (TPSA) is 134 Å². The molecule has 3 aromatic rings. The number of piperidine rings is 1. The van der Waals surface area contributed by atoms with E-state index in [1.807, 2.05) is 24.8 Å². The molecule has 0 radical (unpaired) electrons. The molecule has 32 heavy (non-hydrogen) atoms. The molecule has 0 saturated carbocycles. The van der Waals surface area contributed by atoms with Gasteiger partial charge in [-0.1, -0.05) is 0 Å². The fourth-order valence-electron chi connectivity index (χ4n) is 4.19. The number of rotatable bonds is 5. The lowest BCUT2D eigenvalue weighted by molar-refractivity contribution is 0.0710. The van der Waals surface area contributed by atoms with Crippen LogP contribution in [0.1, 0.15) is 54.4 Å². The van der Waals surface area contributed by atoms with Crippen LogP contribution in [0.2, 0.25) is 0 Å². The molecule has 0 bridgehead atoms. The third-order valence-corrected chi connectivity index (χ3v) is 6.10. The van der Waals surface area contributed by atoms with Crippen molar-refractivity contribution in [3.63, 3.8) is 0 Å². The van der Waals surface area contributed by atoms with Crippen LogP contribution in [-0.2, 0) is 0 Å². The van der Waals surface area contributed by atoms with E-state index in [9.17, 15) is 9.59 Å². The number of hydrogen-bond acceptors (Lipinski definition) is 8. The van der Waals surface area contributed by atoms with E-state index in [-0.39, 0.29) is 23.3 Å². The highest BCUT2D eigenvalue weighted by Crippen LogP contribution is 2.28. The van der Waals surface area contributed by atoms with E-state index in [1.165, 1.54) is 6.20 Å². The molecule has 1 saturated heterocycles. The first-order valence-electron chi connectivity index (χ1n) is 10.9. The molecule has 10 heteroatoms. The summed E-state index contributed by atoms with van der Waals surface area (Å²) in [6.45, 7) is 8.61. The number of nitrogens with zero attached hydrogens (tertiary/aromatic N) is 6. The van der Waals surface area contributed by atoms with E-state index < -0.39 is 0 Å². The molecule has 0 aliphatic carbocycles. The van der Waals surface area contributed by atoms with Gasteiger partial charge in [0.2, 0.25) is 11.9 Å². The molecule has 10 nitrogen and oxygen atoms in total. The van der Waals surface area contributed by atoms with Crippen LogP contribution in [0.15, 0.2) is 23.3 Å². The van der Waals surface area contributed by atoms with Gasteiger partial charge in [0.1, 0.15) is 0 Å². The van der Waals surface area contributed by atoms with Crippen molar-refractivity contribution >= 4 is 28.7 Å². The summed E-state index contributed by atoms with van der Waals surface area (Å²) in [5, 5.41) is 0.482. The van der Waals surface area contributed by atoms with Gasteiger partial charge in [0.25, 0.3) is 11.5 Å². The largest absolute Gasteiger partial charge is 0.368 e. The fraction of sp³-hybridized carbons (Fsp3) is 0.455. The third-order valence-electron chi connectivity index (χ3n) is 6.10. The minimum Gasteiger partial charge on any atom is -0.368 e. The molecule has 4 heterocycles. The van der Waals surface area contributed by atoms with Crippen molar-refractivity contribution in [1.29, 1.82) is 0 Å². The zero-order valence-corrected chi connectivity index (χ0v) is 18.6. The molecule has 1 fully saturated rings. The molecule has 1 amide bonds. The fourth-order valence-corrected chi connectivity index (χ4v) is 4.19. The predicted octanol–water partition coefficient (Wildman–Crippen LogP) is 1.86. The highest BCUT2D eigenvalue weighted by atomic mass is 16.2. The minimum atomic E-state index is -0.184. The van der Waals surface area contributed by atoms with Gasteiger partial charge in [0, 0.05) is 50.2 Å². The summed E-state index contributed by atoms with van der Waals surface area (Å²) in [5.74, 6) is 0.836. The van der Waals surface area contributed by atoms with Gasteiger partial charge in [-0.25, -0.2) is 19.9 Å². The van der Waals surface area contributed by atoms with Gasteiger partial charge in [-0.2, -0.15) is 0 Å². The Morgan fingerprint density at radius 1 is 1.19 bits per heavy atom. The van der Waals surface area contributed by atoms with Crippen molar-refractivity contribution in [2.45, 2.75) is 39.5 Å². The SMILES string of the molecule is CCN(CC)c1ncc2c(=O)[nH]c(C3CCN(C(=O)c4cnc(N)nc4C)CC3)cc2n1. The molecule has 3 aromatic heterocycles. The molecule has 0 spiro atoms. The van der Waals surface area contributed by atoms with Gasteiger partial charge in [-0.05, 0) is 39.7 Å². The smallest absolute Gasteiger partial charge is 0.259 e. The van der Waals surface area contributed by atoms with Crippen LogP contribution >= 0.6 is 0 Å². The Hall–Kier alpha value is -3.56. The van der Waals surface area contributed by atoms with Crippen LogP contribution < -0.4 is 16.2 Å². The normalized spacial score (nSPS) is 14.7. The minimum absolute atomic E-state index is 0.0930. The number of nitrogens with two attached hydrogens (primary N) is 1. The van der Waals surface area contributed by atoms with E-state index in [0.29, 0.717) is 41.2 Å². The lowest BCUT2D eigenvalue weighted by Gasteiger charge is -2.32. The molecule has 0 unspecified atom stereocenters. The summed E-state index contributed by atoms with van der Waals surface area (Å²) in [6.07, 6.45) is 4.57. The quantitative estimate of drug-likeness (QED) is 0.619. The number of carbonyl (C=O) groups excluding carboxylic acids is 1. The zero-order valence-electron chi connectivity index (χ0n) is 18.6. The van der Waals surface area contributed by atoms with E-state index in [1.54, 1.807) is 18.0 Å². The highest BCUT2D eigenvalue weighted by molar-refractivity contribution is 5.95. The van der Waals surface area contributed by atoms with E-state index >= 15 is 0 Å². The van der Waals surface area contributed by atoms with E-state index in [2.05, 4.69) is 24.9 Å². The van der Waals surface area contributed by atoms with Crippen molar-refractivity contribution in [3.05, 3.63) is 45.8 Å². The first kappa shape index (κ1) is 21.7. The van der Waals surface area contributed by atoms with Crippen LogP contribution in [0.5, 0.6) is 0 Å². The number of hydrogen-bond donors (Lipinski definition) is 2. The number of nitrogen functional groups attached to an aromatic ring is 1. The van der Waals surface area contributed by atoms with Gasteiger partial charge in [-0.3, -0.25) is 9.59 Å². The molecule has 1 aliphatic rings. The second kappa shape index (κ2) is 8.89. The average Bonchev–Trinajstić information content (AvgIpc) is 2.79.